The van der Waals surface area contributed by atoms with Crippen molar-refractivity contribution in [3.05, 3.63) is 53.7 Å². The second-order valence-corrected chi connectivity index (χ2v) is 6.29. The van der Waals surface area contributed by atoms with Crippen LogP contribution in [0.2, 0.25) is 0 Å². The molecule has 1 aromatic carbocycles. The fourth-order valence-electron chi connectivity index (χ4n) is 3.32. The fourth-order valence-corrected chi connectivity index (χ4v) is 3.32. The zero-order valence-corrected chi connectivity index (χ0v) is 14.2. The van der Waals surface area contributed by atoms with Gasteiger partial charge in [0, 0.05) is 38.4 Å². The Bertz CT molecular complexity index is 639. The molecule has 0 unspecified atom stereocenters. The molecule has 1 atom stereocenters. The molecule has 1 aromatic heterocycles. The fraction of sp³-hybridized carbons (Fsp3) is 0.421. The number of rotatable bonds is 5. The number of likely N-dealkylation sites (tertiary alicyclic amines) is 1. The molecular weight excluding hydrogens is 286 g/mol. The van der Waals surface area contributed by atoms with Gasteiger partial charge in [0.05, 0.1) is 7.11 Å². The molecule has 0 saturated carbocycles. The molecule has 2 aromatic rings. The average molecular weight is 311 g/mol. The third-order valence-corrected chi connectivity index (χ3v) is 4.51. The molecule has 0 spiro atoms. The van der Waals surface area contributed by atoms with Gasteiger partial charge in [-0.3, -0.25) is 4.90 Å². The Morgan fingerprint density at radius 2 is 2.04 bits per heavy atom. The van der Waals surface area contributed by atoms with Crippen LogP contribution < -0.4 is 9.64 Å². The van der Waals surface area contributed by atoms with Crippen LogP contribution in [0.25, 0.3) is 0 Å². The first-order chi connectivity index (χ1) is 11.2. The molecule has 23 heavy (non-hydrogen) atoms. The van der Waals surface area contributed by atoms with E-state index in [1.807, 2.05) is 31.3 Å². The van der Waals surface area contributed by atoms with Crippen molar-refractivity contribution >= 4 is 5.82 Å². The molecule has 1 saturated heterocycles. The van der Waals surface area contributed by atoms with Crippen molar-refractivity contribution in [2.45, 2.75) is 25.4 Å². The lowest BCUT2D eigenvalue weighted by molar-refractivity contribution is 0.243. The normalized spacial score (nSPS) is 18.1. The molecule has 1 aliphatic heterocycles. The predicted octanol–water partition coefficient (Wildman–Crippen LogP) is 3.49. The first-order valence-corrected chi connectivity index (χ1v) is 8.18. The van der Waals surface area contributed by atoms with E-state index >= 15 is 0 Å². The highest BCUT2D eigenvalue weighted by Crippen LogP contribution is 2.37. The van der Waals surface area contributed by atoms with Crippen molar-refractivity contribution in [2.24, 2.45) is 0 Å². The molecule has 0 radical (unpaired) electrons. The van der Waals surface area contributed by atoms with Crippen LogP contribution in [0.4, 0.5) is 5.82 Å². The first kappa shape index (κ1) is 15.8. The Hall–Kier alpha value is -2.07. The number of methoxy groups -OCH3 is 1. The molecule has 0 amide bonds. The average Bonchev–Trinajstić information content (AvgIpc) is 3.03. The van der Waals surface area contributed by atoms with E-state index in [4.69, 9.17) is 4.74 Å². The summed E-state index contributed by atoms with van der Waals surface area (Å²) in [5.41, 5.74) is 2.56. The van der Waals surface area contributed by atoms with Crippen LogP contribution in [0.5, 0.6) is 5.75 Å². The van der Waals surface area contributed by atoms with E-state index in [0.717, 1.165) is 24.7 Å². The Balaban J connectivity index is 1.76. The molecule has 3 rings (SSSR count). The van der Waals surface area contributed by atoms with E-state index in [2.05, 4.69) is 40.2 Å². The zero-order valence-electron chi connectivity index (χ0n) is 14.2. The van der Waals surface area contributed by atoms with Gasteiger partial charge in [0.15, 0.2) is 0 Å². The topological polar surface area (TPSA) is 28.6 Å². The third kappa shape index (κ3) is 3.48. The maximum atomic E-state index is 5.55. The molecule has 0 aliphatic carbocycles. The van der Waals surface area contributed by atoms with Gasteiger partial charge >= 0.3 is 0 Å². The van der Waals surface area contributed by atoms with E-state index in [-0.39, 0.29) is 0 Å². The van der Waals surface area contributed by atoms with Crippen LogP contribution in [-0.4, -0.2) is 37.6 Å². The summed E-state index contributed by atoms with van der Waals surface area (Å²) in [7, 11) is 5.78. The molecule has 1 fully saturated rings. The number of nitrogens with zero attached hydrogens (tertiary/aromatic N) is 3. The SMILES string of the molecule is COc1ccccc1[C@@H]1CCCN1Cc1ccc(N(C)C)nc1. The smallest absolute Gasteiger partial charge is 0.127 e. The number of hydrogen-bond donors (Lipinski definition) is 0. The van der Waals surface area contributed by atoms with Gasteiger partial charge in [-0.1, -0.05) is 24.3 Å². The van der Waals surface area contributed by atoms with Crippen molar-refractivity contribution in [3.8, 4) is 5.75 Å². The number of benzene rings is 1. The van der Waals surface area contributed by atoms with Crippen LogP contribution in [-0.2, 0) is 6.54 Å². The van der Waals surface area contributed by atoms with Crippen LogP contribution in [0.1, 0.15) is 30.0 Å². The van der Waals surface area contributed by atoms with E-state index in [1.165, 1.54) is 24.0 Å². The minimum absolute atomic E-state index is 0.430. The summed E-state index contributed by atoms with van der Waals surface area (Å²) >= 11 is 0. The van der Waals surface area contributed by atoms with Gasteiger partial charge < -0.3 is 9.64 Å². The first-order valence-electron chi connectivity index (χ1n) is 8.18. The van der Waals surface area contributed by atoms with Crippen LogP contribution in [0, 0.1) is 0 Å². The molecule has 0 N–H and O–H groups in total. The highest BCUT2D eigenvalue weighted by atomic mass is 16.5. The lowest BCUT2D eigenvalue weighted by Gasteiger charge is -2.26. The summed E-state index contributed by atoms with van der Waals surface area (Å²) in [6, 6.07) is 13.1. The Morgan fingerprint density at radius 3 is 2.74 bits per heavy atom. The van der Waals surface area contributed by atoms with Crippen LogP contribution in [0.15, 0.2) is 42.6 Å². The molecule has 1 aliphatic rings. The summed E-state index contributed by atoms with van der Waals surface area (Å²) in [6.45, 7) is 2.06. The minimum atomic E-state index is 0.430. The maximum absolute atomic E-state index is 5.55. The van der Waals surface area contributed by atoms with Gasteiger partial charge in [-0.15, -0.1) is 0 Å². The number of ether oxygens (including phenoxy) is 1. The predicted molar refractivity (Wildman–Crippen MR) is 93.9 cm³/mol. The second-order valence-electron chi connectivity index (χ2n) is 6.29. The van der Waals surface area contributed by atoms with Gasteiger partial charge in [0.25, 0.3) is 0 Å². The van der Waals surface area contributed by atoms with Crippen LogP contribution >= 0.6 is 0 Å². The van der Waals surface area contributed by atoms with E-state index < -0.39 is 0 Å². The lowest BCUT2D eigenvalue weighted by Crippen LogP contribution is -2.23. The minimum Gasteiger partial charge on any atom is -0.496 e. The molecular formula is C19H25N3O. The van der Waals surface area contributed by atoms with E-state index in [9.17, 15) is 0 Å². The van der Waals surface area contributed by atoms with Gasteiger partial charge in [-0.05, 0) is 37.1 Å². The number of hydrogen-bond acceptors (Lipinski definition) is 4. The number of anilines is 1. The number of pyridine rings is 1. The number of aromatic nitrogens is 1. The van der Waals surface area contributed by atoms with E-state index in [1.54, 1.807) is 7.11 Å². The zero-order chi connectivity index (χ0) is 16.2. The molecule has 0 bridgehead atoms. The Kier molecular flexibility index (Phi) is 4.82. The van der Waals surface area contributed by atoms with E-state index in [0.29, 0.717) is 6.04 Å². The molecule has 2 heterocycles. The molecule has 4 nitrogen and oxygen atoms in total. The Labute approximate surface area is 138 Å². The maximum Gasteiger partial charge on any atom is 0.127 e. The summed E-state index contributed by atoms with van der Waals surface area (Å²) in [5, 5.41) is 0. The number of para-hydroxylation sites is 1. The second kappa shape index (κ2) is 7.01. The summed E-state index contributed by atoms with van der Waals surface area (Å²) in [5.74, 6) is 1.99. The third-order valence-electron chi connectivity index (χ3n) is 4.51. The summed E-state index contributed by atoms with van der Waals surface area (Å²) in [6.07, 6.45) is 4.41. The van der Waals surface area contributed by atoms with Crippen molar-refractivity contribution in [1.29, 1.82) is 0 Å². The van der Waals surface area contributed by atoms with Gasteiger partial charge in [-0.2, -0.15) is 0 Å². The van der Waals surface area contributed by atoms with Crippen molar-refractivity contribution in [2.75, 3.05) is 32.6 Å². The highest BCUT2D eigenvalue weighted by molar-refractivity contribution is 5.38. The van der Waals surface area contributed by atoms with Crippen LogP contribution in [0.3, 0.4) is 0 Å². The summed E-state index contributed by atoms with van der Waals surface area (Å²) < 4.78 is 5.55. The molecule has 4 heteroatoms. The van der Waals surface area contributed by atoms with Gasteiger partial charge in [0.1, 0.15) is 11.6 Å². The Morgan fingerprint density at radius 1 is 1.22 bits per heavy atom. The van der Waals surface area contributed by atoms with Gasteiger partial charge in [0.2, 0.25) is 0 Å². The molecule has 122 valence electrons. The standard InChI is InChI=1S/C19H25N3O/c1-21(2)19-11-10-15(13-20-19)14-22-12-6-8-17(22)16-7-4-5-9-18(16)23-3/h4-5,7,9-11,13,17H,6,8,12,14H2,1-3H3/t17-/m0/s1. The quantitative estimate of drug-likeness (QED) is 0.845. The largest absolute Gasteiger partial charge is 0.496 e. The van der Waals surface area contributed by atoms with Crippen molar-refractivity contribution in [1.82, 2.24) is 9.88 Å². The monoisotopic (exact) mass is 311 g/mol. The van der Waals surface area contributed by atoms with Gasteiger partial charge in [-0.25, -0.2) is 4.98 Å². The summed E-state index contributed by atoms with van der Waals surface area (Å²) in [4.78, 5) is 9.08. The van der Waals surface area contributed by atoms with Crippen molar-refractivity contribution < 1.29 is 4.74 Å². The lowest BCUT2D eigenvalue weighted by atomic mass is 10.0. The highest BCUT2D eigenvalue weighted by Gasteiger charge is 2.28. The van der Waals surface area contributed by atoms with Crippen molar-refractivity contribution in [3.63, 3.8) is 0 Å².